The Bertz CT molecular complexity index is 305. The predicted octanol–water partition coefficient (Wildman–Crippen LogP) is 2.90. The Morgan fingerprint density at radius 1 is 1.30 bits per heavy atom. The molecule has 0 amide bonds. The predicted molar refractivity (Wildman–Crippen MR) is 85.0 cm³/mol. The monoisotopic (exact) mass is 282 g/mol. The molecule has 4 unspecified atom stereocenters. The van der Waals surface area contributed by atoms with E-state index in [-0.39, 0.29) is 0 Å². The molecule has 1 heterocycles. The second kappa shape index (κ2) is 6.76. The molecule has 1 saturated heterocycles. The average Bonchev–Trinajstić information content (AvgIpc) is 2.41. The van der Waals surface area contributed by atoms with E-state index in [4.69, 9.17) is 4.74 Å². The topological polar surface area (TPSA) is 24.5 Å². The number of rotatable bonds is 4. The minimum Gasteiger partial charge on any atom is -0.380 e. The number of hydrogen-bond acceptors (Lipinski definition) is 3. The van der Waals surface area contributed by atoms with Crippen LogP contribution in [0.1, 0.15) is 53.4 Å². The molecule has 0 aromatic heterocycles. The zero-order valence-electron chi connectivity index (χ0n) is 14.1. The Hall–Kier alpha value is -0.120. The molecule has 0 radical (unpaired) electrons. The normalized spacial score (nSPS) is 38.9. The van der Waals surface area contributed by atoms with E-state index < -0.39 is 0 Å². The molecular formula is C17H34N2O. The molecule has 4 atom stereocenters. The van der Waals surface area contributed by atoms with E-state index in [1.54, 1.807) is 0 Å². The fourth-order valence-electron chi connectivity index (χ4n) is 4.10. The molecule has 1 aliphatic carbocycles. The van der Waals surface area contributed by atoms with Gasteiger partial charge in [-0.3, -0.25) is 4.90 Å². The minimum absolute atomic E-state index is 0.413. The standard InChI is InChI=1S/C17H34N2O/c1-6-18-14-7-9-17(3,4)11-15(14)19-10-8-13(2)16(12-19)20-5/h13-16,18H,6-12H2,1-5H3. The lowest BCUT2D eigenvalue weighted by molar-refractivity contribution is -0.0399. The van der Waals surface area contributed by atoms with Crippen molar-refractivity contribution in [3.05, 3.63) is 0 Å². The molecule has 20 heavy (non-hydrogen) atoms. The van der Waals surface area contributed by atoms with E-state index in [1.807, 2.05) is 7.11 Å². The Morgan fingerprint density at radius 3 is 2.70 bits per heavy atom. The number of methoxy groups -OCH3 is 1. The summed E-state index contributed by atoms with van der Waals surface area (Å²) < 4.78 is 5.71. The maximum Gasteiger partial charge on any atom is 0.0724 e. The average molecular weight is 282 g/mol. The lowest BCUT2D eigenvalue weighted by Gasteiger charge is -2.49. The highest BCUT2D eigenvalue weighted by atomic mass is 16.5. The molecule has 1 aliphatic heterocycles. The third-order valence-electron chi connectivity index (χ3n) is 5.52. The summed E-state index contributed by atoms with van der Waals surface area (Å²) in [6.07, 6.45) is 5.66. The van der Waals surface area contributed by atoms with Crippen LogP contribution < -0.4 is 5.32 Å². The molecule has 0 aromatic rings. The van der Waals surface area contributed by atoms with Crippen LogP contribution in [0.5, 0.6) is 0 Å². The number of hydrogen-bond donors (Lipinski definition) is 1. The molecule has 2 fully saturated rings. The number of likely N-dealkylation sites (N-methyl/N-ethyl adjacent to an activating group) is 1. The highest BCUT2D eigenvalue weighted by Gasteiger charge is 2.40. The van der Waals surface area contributed by atoms with E-state index >= 15 is 0 Å². The highest BCUT2D eigenvalue weighted by molar-refractivity contribution is 4.96. The van der Waals surface area contributed by atoms with Gasteiger partial charge in [0.2, 0.25) is 0 Å². The maximum atomic E-state index is 5.71. The van der Waals surface area contributed by atoms with Crippen LogP contribution in [0, 0.1) is 11.3 Å². The summed E-state index contributed by atoms with van der Waals surface area (Å²) in [5, 5.41) is 3.73. The zero-order valence-corrected chi connectivity index (χ0v) is 14.1. The highest BCUT2D eigenvalue weighted by Crippen LogP contribution is 2.38. The third kappa shape index (κ3) is 3.75. The van der Waals surface area contributed by atoms with Crippen LogP contribution in [0.15, 0.2) is 0 Å². The smallest absolute Gasteiger partial charge is 0.0724 e. The molecule has 3 heteroatoms. The number of nitrogens with zero attached hydrogens (tertiary/aromatic N) is 1. The van der Waals surface area contributed by atoms with E-state index in [1.165, 1.54) is 32.2 Å². The van der Waals surface area contributed by atoms with Crippen molar-refractivity contribution in [1.29, 1.82) is 0 Å². The largest absolute Gasteiger partial charge is 0.380 e. The SMILES string of the molecule is CCNC1CCC(C)(C)CC1N1CCC(C)C(OC)C1. The van der Waals surface area contributed by atoms with Crippen molar-refractivity contribution in [1.82, 2.24) is 10.2 Å². The molecule has 118 valence electrons. The summed E-state index contributed by atoms with van der Waals surface area (Å²) in [5.74, 6) is 0.699. The summed E-state index contributed by atoms with van der Waals surface area (Å²) in [6, 6.07) is 1.35. The maximum absolute atomic E-state index is 5.71. The van der Waals surface area contributed by atoms with Gasteiger partial charge in [-0.2, -0.15) is 0 Å². The van der Waals surface area contributed by atoms with Gasteiger partial charge in [0.15, 0.2) is 0 Å². The van der Waals surface area contributed by atoms with E-state index in [2.05, 4.69) is 37.9 Å². The van der Waals surface area contributed by atoms with Crippen molar-refractivity contribution in [2.75, 3.05) is 26.7 Å². The molecular weight excluding hydrogens is 248 g/mol. The summed E-state index contributed by atoms with van der Waals surface area (Å²) in [4.78, 5) is 2.71. The van der Waals surface area contributed by atoms with Crippen LogP contribution in [0.25, 0.3) is 0 Å². The van der Waals surface area contributed by atoms with Crippen LogP contribution >= 0.6 is 0 Å². The summed E-state index contributed by atoms with van der Waals surface area (Å²) >= 11 is 0. The van der Waals surface area contributed by atoms with Crippen LogP contribution in [-0.2, 0) is 4.74 Å². The first-order chi connectivity index (χ1) is 9.46. The molecule has 0 aromatic carbocycles. The molecule has 1 N–H and O–H groups in total. The van der Waals surface area contributed by atoms with E-state index in [9.17, 15) is 0 Å². The number of ether oxygens (including phenoxy) is 1. The van der Waals surface area contributed by atoms with Gasteiger partial charge in [0.25, 0.3) is 0 Å². The fourth-order valence-corrected chi connectivity index (χ4v) is 4.10. The van der Waals surface area contributed by atoms with Gasteiger partial charge < -0.3 is 10.1 Å². The van der Waals surface area contributed by atoms with Gasteiger partial charge in [-0.1, -0.05) is 27.7 Å². The van der Waals surface area contributed by atoms with Crippen molar-refractivity contribution >= 4 is 0 Å². The molecule has 0 spiro atoms. The first-order valence-electron chi connectivity index (χ1n) is 8.47. The Labute approximate surface area is 125 Å². The van der Waals surface area contributed by atoms with Crippen molar-refractivity contribution < 1.29 is 4.74 Å². The number of likely N-dealkylation sites (tertiary alicyclic amines) is 1. The fraction of sp³-hybridized carbons (Fsp3) is 1.00. The van der Waals surface area contributed by atoms with Gasteiger partial charge in [0.1, 0.15) is 0 Å². The summed E-state index contributed by atoms with van der Waals surface area (Å²) in [7, 11) is 1.87. The van der Waals surface area contributed by atoms with Gasteiger partial charge in [-0.05, 0) is 50.1 Å². The number of piperidine rings is 1. The Morgan fingerprint density at radius 2 is 2.05 bits per heavy atom. The zero-order chi connectivity index (χ0) is 14.8. The lowest BCUT2D eigenvalue weighted by atomic mass is 9.72. The second-order valence-electron chi connectivity index (χ2n) is 7.67. The van der Waals surface area contributed by atoms with Gasteiger partial charge in [-0.15, -0.1) is 0 Å². The van der Waals surface area contributed by atoms with Crippen LogP contribution in [0.2, 0.25) is 0 Å². The Kier molecular flexibility index (Phi) is 5.49. The van der Waals surface area contributed by atoms with Crippen LogP contribution in [0.3, 0.4) is 0 Å². The first-order valence-corrected chi connectivity index (χ1v) is 8.47. The van der Waals surface area contributed by atoms with Gasteiger partial charge >= 0.3 is 0 Å². The van der Waals surface area contributed by atoms with Gasteiger partial charge in [0.05, 0.1) is 6.10 Å². The van der Waals surface area contributed by atoms with E-state index in [0.717, 1.165) is 13.1 Å². The second-order valence-corrected chi connectivity index (χ2v) is 7.67. The van der Waals surface area contributed by atoms with Crippen LogP contribution in [-0.4, -0.2) is 49.8 Å². The third-order valence-corrected chi connectivity index (χ3v) is 5.52. The van der Waals surface area contributed by atoms with Crippen molar-refractivity contribution in [3.8, 4) is 0 Å². The summed E-state index contributed by atoms with van der Waals surface area (Å²) in [5.41, 5.74) is 0.488. The molecule has 2 aliphatic rings. The van der Waals surface area contributed by atoms with Crippen LogP contribution in [0.4, 0.5) is 0 Å². The number of nitrogens with one attached hydrogen (secondary N) is 1. The van der Waals surface area contributed by atoms with Gasteiger partial charge in [-0.25, -0.2) is 0 Å². The molecule has 2 rings (SSSR count). The van der Waals surface area contributed by atoms with Crippen molar-refractivity contribution in [3.63, 3.8) is 0 Å². The van der Waals surface area contributed by atoms with Crippen molar-refractivity contribution in [2.45, 2.75) is 71.6 Å². The molecule has 0 bridgehead atoms. The lowest BCUT2D eigenvalue weighted by Crippen LogP contribution is -2.58. The van der Waals surface area contributed by atoms with E-state index in [0.29, 0.717) is 29.5 Å². The minimum atomic E-state index is 0.413. The summed E-state index contributed by atoms with van der Waals surface area (Å²) in [6.45, 7) is 12.9. The molecule has 3 nitrogen and oxygen atoms in total. The van der Waals surface area contributed by atoms with Crippen molar-refractivity contribution in [2.24, 2.45) is 11.3 Å². The Balaban J connectivity index is 2.05. The van der Waals surface area contributed by atoms with Gasteiger partial charge in [0, 0.05) is 25.7 Å². The quantitative estimate of drug-likeness (QED) is 0.858. The molecule has 1 saturated carbocycles. The first kappa shape index (κ1) is 16.3.